The second-order valence-corrected chi connectivity index (χ2v) is 9.27. The van der Waals surface area contributed by atoms with Gasteiger partial charge in [-0.25, -0.2) is 4.79 Å². The van der Waals surface area contributed by atoms with E-state index < -0.39 is 17.7 Å². The molecule has 1 atom stereocenters. The van der Waals surface area contributed by atoms with Crippen molar-refractivity contribution < 1.29 is 18.7 Å². The van der Waals surface area contributed by atoms with Crippen LogP contribution >= 0.6 is 11.3 Å². The lowest BCUT2D eigenvalue weighted by Gasteiger charge is -2.28. The molecule has 2 amide bonds. The van der Waals surface area contributed by atoms with Crippen LogP contribution in [0.1, 0.15) is 37.0 Å². The van der Waals surface area contributed by atoms with Gasteiger partial charge in [0.1, 0.15) is 17.4 Å². The van der Waals surface area contributed by atoms with Gasteiger partial charge >= 0.3 is 6.09 Å². The number of nitrogens with one attached hydrogen (secondary N) is 1. The number of carbonyl (C=O) groups is 2. The average molecular weight is 441 g/mol. The molecule has 2 aromatic heterocycles. The van der Waals surface area contributed by atoms with E-state index in [2.05, 4.69) is 5.32 Å². The van der Waals surface area contributed by atoms with Gasteiger partial charge in [-0.15, -0.1) is 11.3 Å². The summed E-state index contributed by atoms with van der Waals surface area (Å²) in [7, 11) is 0. The van der Waals surface area contributed by atoms with Crippen LogP contribution in [0, 0.1) is 0 Å². The van der Waals surface area contributed by atoms with Crippen molar-refractivity contribution in [1.29, 1.82) is 0 Å². The molecule has 31 heavy (non-hydrogen) atoms. The Labute approximate surface area is 186 Å². The molecule has 0 unspecified atom stereocenters. The fourth-order valence-corrected chi connectivity index (χ4v) is 3.83. The van der Waals surface area contributed by atoms with Crippen molar-refractivity contribution in [3.63, 3.8) is 0 Å². The molecule has 0 saturated heterocycles. The first-order valence-electron chi connectivity index (χ1n) is 10.2. The highest BCUT2D eigenvalue weighted by Gasteiger charge is 2.29. The van der Waals surface area contributed by atoms with E-state index in [-0.39, 0.29) is 5.91 Å². The molecule has 0 bridgehead atoms. The van der Waals surface area contributed by atoms with E-state index in [1.54, 1.807) is 49.3 Å². The van der Waals surface area contributed by atoms with E-state index in [9.17, 15) is 9.59 Å². The summed E-state index contributed by atoms with van der Waals surface area (Å²) in [6, 6.07) is 16.4. The number of furan rings is 1. The smallest absolute Gasteiger partial charge is 0.408 e. The van der Waals surface area contributed by atoms with Gasteiger partial charge in [-0.3, -0.25) is 4.79 Å². The topological polar surface area (TPSA) is 71.8 Å². The Balaban J connectivity index is 1.83. The van der Waals surface area contributed by atoms with E-state index in [0.717, 1.165) is 10.4 Å². The second-order valence-electron chi connectivity index (χ2n) is 8.24. The third-order valence-electron chi connectivity index (χ3n) is 4.44. The zero-order chi connectivity index (χ0) is 22.3. The highest BCUT2D eigenvalue weighted by molar-refractivity contribution is 7.09. The van der Waals surface area contributed by atoms with Gasteiger partial charge in [-0.05, 0) is 49.9 Å². The van der Waals surface area contributed by atoms with Gasteiger partial charge in [0.25, 0.3) is 0 Å². The fraction of sp³-hybridized carbons (Fsp3) is 0.333. The van der Waals surface area contributed by atoms with Crippen molar-refractivity contribution in [3.05, 3.63) is 82.4 Å². The Hall–Kier alpha value is -3.06. The molecule has 0 aliphatic rings. The van der Waals surface area contributed by atoms with Crippen LogP contribution in [0.25, 0.3) is 0 Å². The van der Waals surface area contributed by atoms with Gasteiger partial charge in [0.05, 0.1) is 19.4 Å². The Morgan fingerprint density at radius 2 is 1.84 bits per heavy atom. The lowest BCUT2D eigenvalue weighted by molar-refractivity contribution is -0.135. The normalized spacial score (nSPS) is 12.2. The number of ether oxygens (including phenoxy) is 1. The first kappa shape index (κ1) is 22.6. The largest absolute Gasteiger partial charge is 0.467 e. The van der Waals surface area contributed by atoms with Crippen molar-refractivity contribution in [3.8, 4) is 0 Å². The minimum absolute atomic E-state index is 0.195. The molecule has 0 aliphatic carbocycles. The van der Waals surface area contributed by atoms with E-state index in [1.807, 2.05) is 53.9 Å². The summed E-state index contributed by atoms with van der Waals surface area (Å²) >= 11 is 1.58. The van der Waals surface area contributed by atoms with E-state index in [4.69, 9.17) is 9.15 Å². The lowest BCUT2D eigenvalue weighted by Crippen LogP contribution is -2.50. The molecule has 1 aromatic carbocycles. The van der Waals surface area contributed by atoms with Gasteiger partial charge in [0, 0.05) is 11.3 Å². The molecule has 0 spiro atoms. The fourth-order valence-electron chi connectivity index (χ4n) is 3.11. The number of thiophene rings is 1. The van der Waals surface area contributed by atoms with E-state index in [0.29, 0.717) is 25.3 Å². The molecular formula is C24H28N2O4S. The minimum atomic E-state index is -0.771. The molecule has 0 aliphatic heterocycles. The van der Waals surface area contributed by atoms with Gasteiger partial charge in [-0.2, -0.15) is 0 Å². The SMILES string of the molecule is CC(C)(C)OC(=O)N[C@H](Cc1ccccc1)C(=O)N(Cc1ccco1)Cc1cccs1. The number of amides is 2. The molecule has 3 rings (SSSR count). The summed E-state index contributed by atoms with van der Waals surface area (Å²) in [5.41, 5.74) is 0.292. The van der Waals surface area contributed by atoms with Crippen LogP contribution in [-0.4, -0.2) is 28.5 Å². The van der Waals surface area contributed by atoms with Gasteiger partial charge in [0.15, 0.2) is 0 Å². The highest BCUT2D eigenvalue weighted by Crippen LogP contribution is 2.18. The Morgan fingerprint density at radius 3 is 2.45 bits per heavy atom. The third kappa shape index (κ3) is 7.29. The van der Waals surface area contributed by atoms with Gasteiger partial charge in [-0.1, -0.05) is 36.4 Å². The van der Waals surface area contributed by atoms with Crippen molar-refractivity contribution in [2.24, 2.45) is 0 Å². The summed E-state index contributed by atoms with van der Waals surface area (Å²) < 4.78 is 10.9. The number of rotatable bonds is 8. The number of carbonyl (C=O) groups excluding carboxylic acids is 2. The Morgan fingerprint density at radius 1 is 1.06 bits per heavy atom. The quantitative estimate of drug-likeness (QED) is 0.535. The van der Waals surface area contributed by atoms with Crippen molar-refractivity contribution in [1.82, 2.24) is 10.2 Å². The molecule has 164 valence electrons. The predicted molar refractivity (Wildman–Crippen MR) is 121 cm³/mol. The molecule has 6 nitrogen and oxygen atoms in total. The maximum absolute atomic E-state index is 13.6. The predicted octanol–water partition coefficient (Wildman–Crippen LogP) is 5.01. The van der Waals surface area contributed by atoms with Gasteiger partial charge in [0.2, 0.25) is 5.91 Å². The minimum Gasteiger partial charge on any atom is -0.467 e. The molecule has 0 saturated carbocycles. The van der Waals surface area contributed by atoms with Crippen LogP contribution in [0.3, 0.4) is 0 Å². The maximum atomic E-state index is 13.6. The van der Waals surface area contributed by atoms with Gasteiger partial charge < -0.3 is 19.4 Å². The van der Waals surface area contributed by atoms with E-state index >= 15 is 0 Å². The van der Waals surface area contributed by atoms with Crippen molar-refractivity contribution in [2.45, 2.75) is 51.9 Å². The molecule has 3 aromatic rings. The summed E-state index contributed by atoms with van der Waals surface area (Å²) in [5.74, 6) is 0.486. The number of nitrogens with zero attached hydrogens (tertiary/aromatic N) is 1. The van der Waals surface area contributed by atoms with Crippen LogP contribution in [-0.2, 0) is 29.0 Å². The summed E-state index contributed by atoms with van der Waals surface area (Å²) in [6.45, 7) is 6.12. The first-order valence-corrected chi connectivity index (χ1v) is 11.0. The van der Waals surface area contributed by atoms with Crippen molar-refractivity contribution >= 4 is 23.3 Å². The van der Waals surface area contributed by atoms with Crippen LogP contribution in [0.4, 0.5) is 4.79 Å². The molecule has 1 N–H and O–H groups in total. The van der Waals surface area contributed by atoms with E-state index in [1.165, 1.54) is 0 Å². The second kappa shape index (κ2) is 10.3. The number of hydrogen-bond donors (Lipinski definition) is 1. The number of alkyl carbamates (subject to hydrolysis) is 1. The molecular weight excluding hydrogens is 412 g/mol. The zero-order valence-electron chi connectivity index (χ0n) is 18.0. The summed E-state index contributed by atoms with van der Waals surface area (Å²) in [6.07, 6.45) is 1.33. The molecule has 0 radical (unpaired) electrons. The molecule has 2 heterocycles. The number of benzene rings is 1. The lowest BCUT2D eigenvalue weighted by atomic mass is 10.0. The molecule has 7 heteroatoms. The van der Waals surface area contributed by atoms with Crippen molar-refractivity contribution in [2.75, 3.05) is 0 Å². The summed E-state index contributed by atoms with van der Waals surface area (Å²) in [5, 5.41) is 4.76. The zero-order valence-corrected chi connectivity index (χ0v) is 18.9. The average Bonchev–Trinajstić information content (AvgIpc) is 3.40. The van der Waals surface area contributed by atoms with Crippen LogP contribution in [0.5, 0.6) is 0 Å². The van der Waals surface area contributed by atoms with Crippen LogP contribution in [0.15, 0.2) is 70.7 Å². The first-order chi connectivity index (χ1) is 14.8. The Bertz CT molecular complexity index is 911. The number of hydrogen-bond acceptors (Lipinski definition) is 5. The summed E-state index contributed by atoms with van der Waals surface area (Å²) in [4.78, 5) is 28.9. The van der Waals surface area contributed by atoms with Crippen LogP contribution in [0.2, 0.25) is 0 Å². The highest BCUT2D eigenvalue weighted by atomic mass is 32.1. The van der Waals surface area contributed by atoms with Crippen LogP contribution < -0.4 is 5.32 Å². The third-order valence-corrected chi connectivity index (χ3v) is 5.30. The maximum Gasteiger partial charge on any atom is 0.408 e. The standard InChI is InChI=1S/C24H28N2O4S/c1-24(2,3)30-23(28)25-21(15-18-9-5-4-6-10-18)22(27)26(16-19-11-7-13-29-19)17-20-12-8-14-31-20/h4-14,21H,15-17H2,1-3H3,(H,25,28)/t21-/m1/s1. The Kier molecular flexibility index (Phi) is 7.52. The monoisotopic (exact) mass is 440 g/mol. The molecule has 0 fully saturated rings.